The number of aliphatic hydroxyl groups excluding tert-OH is 1. The maximum atomic E-state index is 11.5. The number of carbonyl (C=O) groups is 1. The summed E-state index contributed by atoms with van der Waals surface area (Å²) >= 11 is 0. The molecule has 16 heavy (non-hydrogen) atoms. The first-order chi connectivity index (χ1) is 7.69. The van der Waals surface area contributed by atoms with E-state index in [1.807, 2.05) is 31.2 Å². The Balaban J connectivity index is 3.02. The first kappa shape index (κ1) is 12.5. The Labute approximate surface area is 95.4 Å². The Bertz CT molecular complexity index is 394. The van der Waals surface area contributed by atoms with Gasteiger partial charge in [0, 0.05) is 6.61 Å². The monoisotopic (exact) mass is 220 g/mol. The zero-order valence-electron chi connectivity index (χ0n) is 9.56. The lowest BCUT2D eigenvalue weighted by atomic mass is 10.0. The van der Waals surface area contributed by atoms with Crippen LogP contribution in [0, 0.1) is 6.92 Å². The normalized spacial score (nSPS) is 10.7. The third-order valence-electron chi connectivity index (χ3n) is 2.21. The maximum absolute atomic E-state index is 11.5. The van der Waals surface area contributed by atoms with E-state index in [9.17, 15) is 4.79 Å². The molecule has 0 saturated heterocycles. The minimum absolute atomic E-state index is 0.107. The first-order valence-electron chi connectivity index (χ1n) is 5.15. The van der Waals surface area contributed by atoms with Crippen LogP contribution in [0.5, 0.6) is 0 Å². The van der Waals surface area contributed by atoms with Crippen molar-refractivity contribution in [1.29, 1.82) is 0 Å². The van der Waals surface area contributed by atoms with Gasteiger partial charge in [0.25, 0.3) is 0 Å². The summed E-state index contributed by atoms with van der Waals surface area (Å²) in [5, 5.41) is 8.67. The molecule has 0 aliphatic rings. The van der Waals surface area contributed by atoms with Gasteiger partial charge in [-0.1, -0.05) is 29.8 Å². The molecule has 1 rings (SSSR count). The lowest BCUT2D eigenvalue weighted by molar-refractivity contribution is 0.0600. The Morgan fingerprint density at radius 2 is 2.25 bits per heavy atom. The Morgan fingerprint density at radius 3 is 2.88 bits per heavy atom. The van der Waals surface area contributed by atoms with E-state index in [0.29, 0.717) is 12.0 Å². The number of benzene rings is 1. The molecule has 0 bridgehead atoms. The van der Waals surface area contributed by atoms with Crippen LogP contribution in [0.15, 0.2) is 24.3 Å². The van der Waals surface area contributed by atoms with Crippen LogP contribution in [0.4, 0.5) is 0 Å². The second-order valence-electron chi connectivity index (χ2n) is 3.50. The van der Waals surface area contributed by atoms with E-state index in [-0.39, 0.29) is 12.6 Å². The highest BCUT2D eigenvalue weighted by atomic mass is 16.5. The van der Waals surface area contributed by atoms with Crippen molar-refractivity contribution in [3.05, 3.63) is 41.0 Å². The molecule has 86 valence electrons. The number of ether oxygens (including phenoxy) is 1. The fourth-order valence-electron chi connectivity index (χ4n) is 1.39. The van der Waals surface area contributed by atoms with E-state index in [2.05, 4.69) is 0 Å². The standard InChI is InChI=1S/C13H16O3/c1-10-6-7-11(5-3-4-8-14)12(9-10)13(15)16-2/h3,5-7,9,14H,4,8H2,1-2H3/b5-3+. The molecule has 0 aliphatic carbocycles. The number of methoxy groups -OCH3 is 1. The van der Waals surface area contributed by atoms with Crippen LogP contribution < -0.4 is 0 Å². The largest absolute Gasteiger partial charge is 0.465 e. The fourth-order valence-corrected chi connectivity index (χ4v) is 1.39. The van der Waals surface area contributed by atoms with Gasteiger partial charge < -0.3 is 9.84 Å². The molecule has 0 aromatic heterocycles. The molecule has 3 nitrogen and oxygen atoms in total. The topological polar surface area (TPSA) is 46.5 Å². The number of aryl methyl sites for hydroxylation is 1. The van der Waals surface area contributed by atoms with Crippen molar-refractivity contribution in [2.45, 2.75) is 13.3 Å². The van der Waals surface area contributed by atoms with Gasteiger partial charge in [-0.3, -0.25) is 0 Å². The highest BCUT2D eigenvalue weighted by Gasteiger charge is 2.09. The van der Waals surface area contributed by atoms with Gasteiger partial charge in [0.15, 0.2) is 0 Å². The Hall–Kier alpha value is -1.61. The van der Waals surface area contributed by atoms with Crippen molar-refractivity contribution in [3.63, 3.8) is 0 Å². The summed E-state index contributed by atoms with van der Waals surface area (Å²) in [5.74, 6) is -0.340. The molecule has 0 unspecified atom stereocenters. The second-order valence-corrected chi connectivity index (χ2v) is 3.50. The smallest absolute Gasteiger partial charge is 0.338 e. The quantitative estimate of drug-likeness (QED) is 0.791. The molecule has 0 heterocycles. The van der Waals surface area contributed by atoms with Gasteiger partial charge in [0.1, 0.15) is 0 Å². The molecule has 1 N–H and O–H groups in total. The van der Waals surface area contributed by atoms with E-state index < -0.39 is 0 Å². The third-order valence-corrected chi connectivity index (χ3v) is 2.21. The van der Waals surface area contributed by atoms with E-state index in [4.69, 9.17) is 9.84 Å². The van der Waals surface area contributed by atoms with Crippen molar-refractivity contribution in [3.8, 4) is 0 Å². The van der Waals surface area contributed by atoms with Gasteiger partial charge in [0.05, 0.1) is 12.7 Å². The number of rotatable bonds is 4. The van der Waals surface area contributed by atoms with Crippen molar-refractivity contribution >= 4 is 12.0 Å². The number of hydrogen-bond donors (Lipinski definition) is 1. The first-order valence-corrected chi connectivity index (χ1v) is 5.15. The molecule has 0 amide bonds. The highest BCUT2D eigenvalue weighted by Crippen LogP contribution is 2.15. The van der Waals surface area contributed by atoms with Crippen molar-refractivity contribution in [2.24, 2.45) is 0 Å². The molecule has 0 spiro atoms. The average molecular weight is 220 g/mol. The number of aliphatic hydroxyl groups is 1. The molecule has 1 aromatic rings. The average Bonchev–Trinajstić information content (AvgIpc) is 2.30. The van der Waals surface area contributed by atoms with Crippen molar-refractivity contribution < 1.29 is 14.6 Å². The number of hydrogen-bond acceptors (Lipinski definition) is 3. The van der Waals surface area contributed by atoms with Gasteiger partial charge >= 0.3 is 5.97 Å². The molecule has 1 aromatic carbocycles. The summed E-state index contributed by atoms with van der Waals surface area (Å²) in [6.07, 6.45) is 4.23. The highest BCUT2D eigenvalue weighted by molar-refractivity contribution is 5.93. The fraction of sp³-hybridized carbons (Fsp3) is 0.308. The van der Waals surface area contributed by atoms with Gasteiger partial charge in [-0.25, -0.2) is 4.79 Å². The molecule has 0 aliphatic heterocycles. The van der Waals surface area contributed by atoms with Gasteiger partial charge in [-0.2, -0.15) is 0 Å². The van der Waals surface area contributed by atoms with Gasteiger partial charge in [-0.05, 0) is 25.0 Å². The minimum Gasteiger partial charge on any atom is -0.465 e. The predicted molar refractivity (Wildman–Crippen MR) is 63.3 cm³/mol. The second kappa shape index (κ2) is 6.08. The Kier molecular flexibility index (Phi) is 4.73. The van der Waals surface area contributed by atoms with Gasteiger partial charge in [0.2, 0.25) is 0 Å². The van der Waals surface area contributed by atoms with Crippen LogP contribution in [0.3, 0.4) is 0 Å². The Morgan fingerprint density at radius 1 is 1.50 bits per heavy atom. The van der Waals surface area contributed by atoms with Crippen LogP contribution >= 0.6 is 0 Å². The summed E-state index contributed by atoms with van der Waals surface area (Å²) in [6, 6.07) is 5.60. The molecule has 0 fully saturated rings. The molecule has 3 heteroatoms. The van der Waals surface area contributed by atoms with Crippen LogP contribution in [0.1, 0.15) is 27.9 Å². The van der Waals surface area contributed by atoms with E-state index >= 15 is 0 Å². The zero-order chi connectivity index (χ0) is 12.0. The molecule has 0 atom stereocenters. The third kappa shape index (κ3) is 3.21. The SMILES string of the molecule is COC(=O)c1cc(C)ccc1/C=C/CCO. The van der Waals surface area contributed by atoms with Crippen LogP contribution in [-0.4, -0.2) is 24.8 Å². The lowest BCUT2D eigenvalue weighted by Crippen LogP contribution is -2.04. The lowest BCUT2D eigenvalue weighted by Gasteiger charge is -2.05. The van der Waals surface area contributed by atoms with Crippen LogP contribution in [-0.2, 0) is 4.74 Å². The van der Waals surface area contributed by atoms with E-state index in [0.717, 1.165) is 11.1 Å². The zero-order valence-corrected chi connectivity index (χ0v) is 9.56. The summed E-state index contributed by atoms with van der Waals surface area (Å²) in [6.45, 7) is 2.03. The van der Waals surface area contributed by atoms with Crippen molar-refractivity contribution in [1.82, 2.24) is 0 Å². The molecule has 0 saturated carbocycles. The summed E-state index contributed by atoms with van der Waals surface area (Å²) in [4.78, 5) is 11.5. The molecular weight excluding hydrogens is 204 g/mol. The van der Waals surface area contributed by atoms with Crippen molar-refractivity contribution in [2.75, 3.05) is 13.7 Å². The maximum Gasteiger partial charge on any atom is 0.338 e. The molecule has 0 radical (unpaired) electrons. The summed E-state index contributed by atoms with van der Waals surface area (Å²) < 4.78 is 4.72. The van der Waals surface area contributed by atoms with Gasteiger partial charge in [-0.15, -0.1) is 0 Å². The minimum atomic E-state index is -0.340. The summed E-state index contributed by atoms with van der Waals surface area (Å²) in [7, 11) is 1.37. The van der Waals surface area contributed by atoms with Crippen LogP contribution in [0.25, 0.3) is 6.08 Å². The summed E-state index contributed by atoms with van der Waals surface area (Å²) in [5.41, 5.74) is 2.38. The molecular formula is C13H16O3. The van der Waals surface area contributed by atoms with Crippen LogP contribution in [0.2, 0.25) is 0 Å². The predicted octanol–water partition coefficient (Wildman–Crippen LogP) is 2.18. The van der Waals surface area contributed by atoms with E-state index in [1.165, 1.54) is 7.11 Å². The number of carbonyl (C=O) groups excluding carboxylic acids is 1. The number of esters is 1. The van der Waals surface area contributed by atoms with E-state index in [1.54, 1.807) is 6.07 Å².